The van der Waals surface area contributed by atoms with Crippen LogP contribution in [0.3, 0.4) is 0 Å². The number of piperazine rings is 1. The lowest BCUT2D eigenvalue weighted by atomic mass is 10.2. The third-order valence-corrected chi connectivity index (χ3v) is 6.53. The minimum Gasteiger partial charge on any atom is -0.418 e. The fourth-order valence-electron chi connectivity index (χ4n) is 3.16. The number of hydrogen-bond acceptors (Lipinski definition) is 7. The smallest absolute Gasteiger partial charge is 0.257 e. The summed E-state index contributed by atoms with van der Waals surface area (Å²) in [7, 11) is 0. The van der Waals surface area contributed by atoms with Gasteiger partial charge >= 0.3 is 0 Å². The Bertz CT molecular complexity index is 761. The number of nitrogens with zero attached hydrogens (tertiary/aromatic N) is 4. The topological polar surface area (TPSA) is 45.4 Å². The lowest BCUT2D eigenvalue weighted by Gasteiger charge is -2.36. The van der Waals surface area contributed by atoms with Gasteiger partial charge in [-0.05, 0) is 36.2 Å². The van der Waals surface area contributed by atoms with Crippen LogP contribution < -0.4 is 0 Å². The maximum atomic E-state index is 5.90. The van der Waals surface area contributed by atoms with Gasteiger partial charge in [0, 0.05) is 37.6 Å². The molecule has 3 aromatic rings. The number of rotatable bonds is 6. The van der Waals surface area contributed by atoms with E-state index in [9.17, 15) is 0 Å². The Kier molecular flexibility index (Phi) is 5.26. The molecule has 132 valence electrons. The number of hydrogen-bond donors (Lipinski definition) is 0. The zero-order valence-electron chi connectivity index (χ0n) is 14.3. The first-order valence-electron chi connectivity index (χ1n) is 8.65. The lowest BCUT2D eigenvalue weighted by molar-refractivity contribution is 0.0924. The lowest BCUT2D eigenvalue weighted by Crippen LogP contribution is -2.47. The Balaban J connectivity index is 1.30. The van der Waals surface area contributed by atoms with Crippen LogP contribution >= 0.6 is 22.7 Å². The van der Waals surface area contributed by atoms with Crippen LogP contribution in [-0.2, 0) is 6.42 Å². The van der Waals surface area contributed by atoms with E-state index >= 15 is 0 Å². The second kappa shape index (κ2) is 7.78. The van der Waals surface area contributed by atoms with E-state index in [1.807, 2.05) is 28.8 Å². The van der Waals surface area contributed by atoms with Crippen molar-refractivity contribution in [1.29, 1.82) is 0 Å². The number of aromatic nitrogens is 2. The van der Waals surface area contributed by atoms with Gasteiger partial charge in [0.15, 0.2) is 0 Å². The summed E-state index contributed by atoms with van der Waals surface area (Å²) in [5.41, 5.74) is 0. The van der Waals surface area contributed by atoms with Gasteiger partial charge in [0.2, 0.25) is 5.89 Å². The fraction of sp³-hybridized carbons (Fsp3) is 0.444. The zero-order valence-corrected chi connectivity index (χ0v) is 15.9. The first-order valence-corrected chi connectivity index (χ1v) is 10.4. The molecule has 0 N–H and O–H groups in total. The molecule has 0 aromatic carbocycles. The molecule has 7 heteroatoms. The van der Waals surface area contributed by atoms with E-state index in [4.69, 9.17) is 4.42 Å². The summed E-state index contributed by atoms with van der Waals surface area (Å²) in [6.07, 6.45) is 1.15. The third kappa shape index (κ3) is 4.00. The van der Waals surface area contributed by atoms with Crippen LogP contribution in [0.1, 0.15) is 23.7 Å². The van der Waals surface area contributed by atoms with E-state index in [1.165, 1.54) is 4.88 Å². The van der Waals surface area contributed by atoms with Gasteiger partial charge in [-0.15, -0.1) is 32.9 Å². The molecule has 1 atom stereocenters. The molecule has 0 radical (unpaired) electrons. The van der Waals surface area contributed by atoms with Crippen molar-refractivity contribution >= 4 is 22.7 Å². The van der Waals surface area contributed by atoms with Crippen LogP contribution in [0.4, 0.5) is 0 Å². The molecule has 1 fully saturated rings. The summed E-state index contributed by atoms with van der Waals surface area (Å²) in [6.45, 7) is 7.59. The van der Waals surface area contributed by atoms with Crippen molar-refractivity contribution in [2.45, 2.75) is 19.4 Å². The molecule has 1 aliphatic rings. The van der Waals surface area contributed by atoms with E-state index in [0.717, 1.165) is 49.9 Å². The second-order valence-electron chi connectivity index (χ2n) is 6.31. The molecule has 0 aliphatic carbocycles. The van der Waals surface area contributed by atoms with Gasteiger partial charge in [0.05, 0.1) is 10.9 Å². The van der Waals surface area contributed by atoms with Crippen molar-refractivity contribution in [3.05, 3.63) is 45.8 Å². The molecule has 1 aliphatic heterocycles. The van der Waals surface area contributed by atoms with Crippen LogP contribution in [0.5, 0.6) is 0 Å². The van der Waals surface area contributed by atoms with Crippen LogP contribution in [0, 0.1) is 0 Å². The largest absolute Gasteiger partial charge is 0.418 e. The van der Waals surface area contributed by atoms with Crippen molar-refractivity contribution in [2.24, 2.45) is 0 Å². The molecule has 4 heterocycles. The van der Waals surface area contributed by atoms with Gasteiger partial charge in [-0.3, -0.25) is 4.90 Å². The summed E-state index contributed by atoms with van der Waals surface area (Å²) < 4.78 is 5.90. The summed E-state index contributed by atoms with van der Waals surface area (Å²) >= 11 is 3.48. The van der Waals surface area contributed by atoms with Gasteiger partial charge in [0.25, 0.3) is 5.89 Å². The molecule has 25 heavy (non-hydrogen) atoms. The van der Waals surface area contributed by atoms with E-state index < -0.39 is 0 Å². The highest BCUT2D eigenvalue weighted by Gasteiger charge is 2.25. The predicted octanol–water partition coefficient (Wildman–Crippen LogP) is 3.78. The van der Waals surface area contributed by atoms with Gasteiger partial charge < -0.3 is 9.32 Å². The third-order valence-electron chi connectivity index (χ3n) is 4.74. The Hall–Kier alpha value is -1.54. The highest BCUT2D eigenvalue weighted by molar-refractivity contribution is 7.13. The van der Waals surface area contributed by atoms with Crippen LogP contribution in [0.25, 0.3) is 10.8 Å². The quantitative estimate of drug-likeness (QED) is 0.657. The predicted molar refractivity (Wildman–Crippen MR) is 102 cm³/mol. The standard InChI is InChI=1S/C18H22N4OS2/c1-14(17-19-20-18(23-17)16-5-3-13-25-16)22-10-8-21(9-11-22)7-6-15-4-2-12-24-15/h2-5,12-14H,6-11H2,1H3. The first-order chi connectivity index (χ1) is 12.3. The number of thiophene rings is 2. The summed E-state index contributed by atoms with van der Waals surface area (Å²) in [5.74, 6) is 1.35. The van der Waals surface area contributed by atoms with Crippen LogP contribution in [-0.4, -0.2) is 52.7 Å². The van der Waals surface area contributed by atoms with Crippen LogP contribution in [0.15, 0.2) is 39.4 Å². The Morgan fingerprint density at radius 2 is 1.88 bits per heavy atom. The fourth-order valence-corrected chi connectivity index (χ4v) is 4.50. The van der Waals surface area contributed by atoms with E-state index in [-0.39, 0.29) is 6.04 Å². The van der Waals surface area contributed by atoms with E-state index in [1.54, 1.807) is 11.3 Å². The van der Waals surface area contributed by atoms with E-state index in [2.05, 4.69) is 44.4 Å². The molecule has 0 amide bonds. The Morgan fingerprint density at radius 1 is 1.08 bits per heavy atom. The molecule has 3 aromatic heterocycles. The SMILES string of the molecule is CC(c1nnc(-c2cccs2)o1)N1CCN(CCc2cccs2)CC1. The van der Waals surface area contributed by atoms with Crippen molar-refractivity contribution < 1.29 is 4.42 Å². The van der Waals surface area contributed by atoms with Gasteiger partial charge in [-0.1, -0.05) is 12.1 Å². The second-order valence-corrected chi connectivity index (χ2v) is 8.29. The highest BCUT2D eigenvalue weighted by Crippen LogP contribution is 2.27. The first kappa shape index (κ1) is 16.9. The normalized spacial score (nSPS) is 17.8. The summed E-state index contributed by atoms with van der Waals surface area (Å²) in [4.78, 5) is 7.49. The monoisotopic (exact) mass is 374 g/mol. The van der Waals surface area contributed by atoms with Crippen molar-refractivity contribution in [3.63, 3.8) is 0 Å². The molecular weight excluding hydrogens is 352 g/mol. The van der Waals surface area contributed by atoms with Crippen molar-refractivity contribution in [2.75, 3.05) is 32.7 Å². The zero-order chi connectivity index (χ0) is 17.1. The van der Waals surface area contributed by atoms with Crippen molar-refractivity contribution in [1.82, 2.24) is 20.0 Å². The minimum atomic E-state index is 0.167. The molecule has 5 nitrogen and oxygen atoms in total. The Morgan fingerprint density at radius 3 is 2.60 bits per heavy atom. The minimum absolute atomic E-state index is 0.167. The van der Waals surface area contributed by atoms with E-state index in [0.29, 0.717) is 5.89 Å². The van der Waals surface area contributed by atoms with Crippen molar-refractivity contribution in [3.8, 4) is 10.8 Å². The average molecular weight is 375 g/mol. The molecular formula is C18H22N4OS2. The molecule has 1 saturated heterocycles. The molecule has 0 bridgehead atoms. The average Bonchev–Trinajstić information content (AvgIpc) is 3.42. The maximum Gasteiger partial charge on any atom is 0.257 e. The molecule has 4 rings (SSSR count). The Labute approximate surface area is 155 Å². The highest BCUT2D eigenvalue weighted by atomic mass is 32.1. The summed E-state index contributed by atoms with van der Waals surface area (Å²) in [6, 6.07) is 8.54. The van der Waals surface area contributed by atoms with Gasteiger partial charge in [-0.2, -0.15) is 0 Å². The van der Waals surface area contributed by atoms with Gasteiger partial charge in [0.1, 0.15) is 0 Å². The molecule has 1 unspecified atom stereocenters. The van der Waals surface area contributed by atoms with Crippen LogP contribution in [0.2, 0.25) is 0 Å². The van der Waals surface area contributed by atoms with Gasteiger partial charge in [-0.25, -0.2) is 0 Å². The maximum absolute atomic E-state index is 5.90. The molecule has 0 saturated carbocycles. The summed E-state index contributed by atoms with van der Waals surface area (Å²) in [5, 5.41) is 12.7. The molecule has 0 spiro atoms.